The summed E-state index contributed by atoms with van der Waals surface area (Å²) in [6.45, 7) is 0.954. The Morgan fingerprint density at radius 2 is 2.00 bits per heavy atom. The van der Waals surface area contributed by atoms with Crippen LogP contribution in [0.1, 0.15) is 5.56 Å². The van der Waals surface area contributed by atoms with Crippen molar-refractivity contribution in [1.29, 1.82) is 0 Å². The largest absolute Gasteiger partial charge is 0.389 e. The molecule has 0 aliphatic carbocycles. The zero-order valence-corrected chi connectivity index (χ0v) is 12.0. The van der Waals surface area contributed by atoms with Crippen LogP contribution in [0.3, 0.4) is 0 Å². The van der Waals surface area contributed by atoms with E-state index in [1.165, 1.54) is 6.07 Å². The standard InChI is InChI=1S/C11H17N3O2S2/c1-14(2)8-7-13-18(15,16)10-6-4-3-5-9(10)11(12)17/h3-6,13H,7-8H2,1-2H3,(H2,12,17). The summed E-state index contributed by atoms with van der Waals surface area (Å²) in [6.07, 6.45) is 0. The molecule has 1 aromatic rings. The lowest BCUT2D eigenvalue weighted by Gasteiger charge is -2.12. The summed E-state index contributed by atoms with van der Waals surface area (Å²) in [6, 6.07) is 6.44. The number of benzene rings is 1. The van der Waals surface area contributed by atoms with Crippen molar-refractivity contribution in [3.63, 3.8) is 0 Å². The molecule has 7 heteroatoms. The van der Waals surface area contributed by atoms with E-state index in [-0.39, 0.29) is 9.88 Å². The van der Waals surface area contributed by atoms with Gasteiger partial charge < -0.3 is 10.6 Å². The molecule has 5 nitrogen and oxygen atoms in total. The molecule has 0 fully saturated rings. The number of hydrogen-bond acceptors (Lipinski definition) is 4. The molecule has 0 amide bonds. The van der Waals surface area contributed by atoms with Crippen LogP contribution in [-0.4, -0.2) is 45.5 Å². The Morgan fingerprint density at radius 3 is 2.56 bits per heavy atom. The Balaban J connectivity index is 2.95. The molecular formula is C11H17N3O2S2. The molecule has 0 spiro atoms. The zero-order chi connectivity index (χ0) is 13.8. The Bertz CT molecular complexity index is 527. The van der Waals surface area contributed by atoms with Crippen LogP contribution < -0.4 is 10.5 Å². The molecule has 100 valence electrons. The minimum absolute atomic E-state index is 0.0728. The Kier molecular flexibility index (Phi) is 5.21. The lowest BCUT2D eigenvalue weighted by molar-refractivity contribution is 0.412. The molecule has 0 bridgehead atoms. The van der Waals surface area contributed by atoms with Crippen LogP contribution in [0.5, 0.6) is 0 Å². The van der Waals surface area contributed by atoms with E-state index in [4.69, 9.17) is 18.0 Å². The molecule has 0 saturated heterocycles. The molecule has 0 aromatic heterocycles. The predicted molar refractivity (Wildman–Crippen MR) is 76.1 cm³/mol. The number of sulfonamides is 1. The van der Waals surface area contributed by atoms with E-state index >= 15 is 0 Å². The summed E-state index contributed by atoms with van der Waals surface area (Å²) < 4.78 is 26.7. The van der Waals surface area contributed by atoms with Gasteiger partial charge in [-0.2, -0.15) is 0 Å². The number of nitrogens with one attached hydrogen (secondary N) is 1. The molecule has 0 radical (unpaired) electrons. The number of thiocarbonyl (C=S) groups is 1. The second kappa shape index (κ2) is 6.24. The van der Waals surface area contributed by atoms with Crippen LogP contribution in [0.25, 0.3) is 0 Å². The SMILES string of the molecule is CN(C)CCNS(=O)(=O)c1ccccc1C(N)=S. The molecule has 0 aliphatic heterocycles. The van der Waals surface area contributed by atoms with Gasteiger partial charge in [-0.05, 0) is 20.2 Å². The molecule has 0 heterocycles. The second-order valence-corrected chi connectivity index (χ2v) is 6.24. The normalized spacial score (nSPS) is 11.7. The fourth-order valence-electron chi connectivity index (χ4n) is 1.39. The highest BCUT2D eigenvalue weighted by Gasteiger charge is 2.18. The number of rotatable bonds is 6. The van der Waals surface area contributed by atoms with E-state index in [9.17, 15) is 8.42 Å². The molecule has 1 aromatic carbocycles. The quantitative estimate of drug-likeness (QED) is 0.729. The highest BCUT2D eigenvalue weighted by atomic mass is 32.2. The Labute approximate surface area is 113 Å². The molecular weight excluding hydrogens is 270 g/mol. The molecule has 0 unspecified atom stereocenters. The maximum absolute atomic E-state index is 12.1. The highest BCUT2D eigenvalue weighted by molar-refractivity contribution is 7.89. The van der Waals surface area contributed by atoms with Crippen LogP contribution in [0.15, 0.2) is 29.2 Å². The van der Waals surface area contributed by atoms with E-state index in [1.807, 2.05) is 19.0 Å². The molecule has 1 rings (SSSR count). The fraction of sp³-hybridized carbons (Fsp3) is 0.364. The van der Waals surface area contributed by atoms with Crippen molar-refractivity contribution < 1.29 is 8.42 Å². The van der Waals surface area contributed by atoms with Crippen LogP contribution in [-0.2, 0) is 10.0 Å². The van der Waals surface area contributed by atoms with Gasteiger partial charge in [-0.15, -0.1) is 0 Å². The van der Waals surface area contributed by atoms with Crippen molar-refractivity contribution in [3.05, 3.63) is 29.8 Å². The van der Waals surface area contributed by atoms with Gasteiger partial charge in [0.25, 0.3) is 0 Å². The van der Waals surface area contributed by atoms with E-state index in [2.05, 4.69) is 4.72 Å². The predicted octanol–water partition coefficient (Wildman–Crippen LogP) is 0.161. The smallest absolute Gasteiger partial charge is 0.241 e. The average molecular weight is 287 g/mol. The van der Waals surface area contributed by atoms with Crippen LogP contribution in [0, 0.1) is 0 Å². The van der Waals surface area contributed by atoms with Crippen molar-refractivity contribution in [3.8, 4) is 0 Å². The van der Waals surface area contributed by atoms with Gasteiger partial charge in [0.05, 0.1) is 4.90 Å². The molecule has 0 aliphatic rings. The fourth-order valence-corrected chi connectivity index (χ4v) is 2.87. The first-order valence-electron chi connectivity index (χ1n) is 5.38. The summed E-state index contributed by atoms with van der Waals surface area (Å²) in [5.74, 6) is 0. The molecule has 18 heavy (non-hydrogen) atoms. The van der Waals surface area contributed by atoms with Crippen molar-refractivity contribution in [2.45, 2.75) is 4.90 Å². The van der Waals surface area contributed by atoms with Crippen LogP contribution >= 0.6 is 12.2 Å². The van der Waals surface area contributed by atoms with Crippen LogP contribution in [0.2, 0.25) is 0 Å². The maximum atomic E-state index is 12.1. The first kappa shape index (κ1) is 15.0. The van der Waals surface area contributed by atoms with Gasteiger partial charge in [-0.1, -0.05) is 30.4 Å². The van der Waals surface area contributed by atoms with Gasteiger partial charge >= 0.3 is 0 Å². The third-order valence-corrected chi connectivity index (χ3v) is 4.03. The van der Waals surface area contributed by atoms with Crippen molar-refractivity contribution in [2.24, 2.45) is 5.73 Å². The molecule has 0 saturated carbocycles. The summed E-state index contributed by atoms with van der Waals surface area (Å²) >= 11 is 4.85. The first-order chi connectivity index (χ1) is 8.34. The van der Waals surface area contributed by atoms with Crippen molar-refractivity contribution in [2.75, 3.05) is 27.2 Å². The molecule has 0 atom stereocenters. The minimum atomic E-state index is -3.58. The van der Waals surface area contributed by atoms with Gasteiger partial charge in [-0.3, -0.25) is 0 Å². The van der Waals surface area contributed by atoms with Gasteiger partial charge in [0.2, 0.25) is 10.0 Å². The number of nitrogens with two attached hydrogens (primary N) is 1. The van der Waals surface area contributed by atoms with Gasteiger partial charge in [0.15, 0.2) is 0 Å². The summed E-state index contributed by atoms with van der Waals surface area (Å²) in [5.41, 5.74) is 5.88. The highest BCUT2D eigenvalue weighted by Crippen LogP contribution is 2.14. The topological polar surface area (TPSA) is 75.4 Å². The van der Waals surface area contributed by atoms with E-state index < -0.39 is 10.0 Å². The van der Waals surface area contributed by atoms with E-state index in [0.29, 0.717) is 18.7 Å². The van der Waals surface area contributed by atoms with Crippen LogP contribution in [0.4, 0.5) is 0 Å². The van der Waals surface area contributed by atoms with E-state index in [1.54, 1.807) is 18.2 Å². The first-order valence-corrected chi connectivity index (χ1v) is 7.27. The second-order valence-electron chi connectivity index (χ2n) is 4.06. The Hall–Kier alpha value is -1.02. The lowest BCUT2D eigenvalue weighted by Crippen LogP contribution is -2.32. The van der Waals surface area contributed by atoms with Gasteiger partial charge in [-0.25, -0.2) is 13.1 Å². The lowest BCUT2D eigenvalue weighted by atomic mass is 10.2. The van der Waals surface area contributed by atoms with E-state index in [0.717, 1.165) is 0 Å². The summed E-state index contributed by atoms with van der Waals surface area (Å²) in [4.78, 5) is 2.09. The third kappa shape index (κ3) is 4.02. The van der Waals surface area contributed by atoms with Crippen molar-refractivity contribution in [1.82, 2.24) is 9.62 Å². The summed E-state index contributed by atoms with van der Waals surface area (Å²) in [5, 5.41) is 0. The van der Waals surface area contributed by atoms with Crippen molar-refractivity contribution >= 4 is 27.2 Å². The van der Waals surface area contributed by atoms with Gasteiger partial charge in [0, 0.05) is 18.7 Å². The number of nitrogens with zero attached hydrogens (tertiary/aromatic N) is 1. The monoisotopic (exact) mass is 287 g/mol. The molecule has 3 N–H and O–H groups in total. The third-order valence-electron chi connectivity index (χ3n) is 2.29. The Morgan fingerprint density at radius 1 is 1.39 bits per heavy atom. The summed E-state index contributed by atoms with van der Waals surface area (Å²) in [7, 11) is 0.169. The maximum Gasteiger partial charge on any atom is 0.241 e. The van der Waals surface area contributed by atoms with Gasteiger partial charge in [0.1, 0.15) is 4.99 Å². The number of likely N-dealkylation sites (N-methyl/N-ethyl adjacent to an activating group) is 1. The average Bonchev–Trinajstić information content (AvgIpc) is 2.28. The minimum Gasteiger partial charge on any atom is -0.389 e. The zero-order valence-electron chi connectivity index (χ0n) is 10.4. The number of hydrogen-bond donors (Lipinski definition) is 2.